The third-order valence-corrected chi connectivity index (χ3v) is 4.88. The van der Waals surface area contributed by atoms with Gasteiger partial charge < -0.3 is 9.88 Å². The molecule has 0 saturated carbocycles. The molecular formula is C15H28N4O3S. The molecule has 0 saturated heterocycles. The maximum atomic E-state index is 12.1. The fourth-order valence-corrected chi connectivity index (χ4v) is 3.14. The Kier molecular flexibility index (Phi) is 7.21. The number of nitrogens with zero attached hydrogens (tertiary/aromatic N) is 2. The number of amides is 1. The Balaban J connectivity index is 2.43. The molecule has 0 aromatic carbocycles. The minimum atomic E-state index is -3.76. The summed E-state index contributed by atoms with van der Waals surface area (Å²) in [6, 6.07) is 0.0304. The lowest BCUT2D eigenvalue weighted by Crippen LogP contribution is -2.40. The molecule has 1 rings (SSSR count). The SMILES string of the molecule is Cc1nc(S(=O)(=O)NCC(=O)NC(C)CCCC(C)C)cn1C. The van der Waals surface area contributed by atoms with Gasteiger partial charge in [-0.05, 0) is 26.2 Å². The van der Waals surface area contributed by atoms with E-state index in [4.69, 9.17) is 0 Å². The third-order valence-electron chi connectivity index (χ3n) is 3.61. The van der Waals surface area contributed by atoms with E-state index in [1.165, 1.54) is 6.20 Å². The van der Waals surface area contributed by atoms with E-state index in [2.05, 4.69) is 28.9 Å². The van der Waals surface area contributed by atoms with Crippen LogP contribution in [-0.4, -0.2) is 36.5 Å². The van der Waals surface area contributed by atoms with Crippen molar-refractivity contribution in [2.75, 3.05) is 6.54 Å². The van der Waals surface area contributed by atoms with Crippen molar-refractivity contribution < 1.29 is 13.2 Å². The topological polar surface area (TPSA) is 93.1 Å². The van der Waals surface area contributed by atoms with Crippen LogP contribution in [-0.2, 0) is 21.9 Å². The molecule has 1 aromatic heterocycles. The normalized spacial score (nSPS) is 13.3. The number of sulfonamides is 1. The Labute approximate surface area is 138 Å². The number of rotatable bonds is 9. The Morgan fingerprint density at radius 3 is 2.48 bits per heavy atom. The van der Waals surface area contributed by atoms with Gasteiger partial charge in [0, 0.05) is 19.3 Å². The van der Waals surface area contributed by atoms with Crippen LogP contribution in [0.15, 0.2) is 11.2 Å². The second-order valence-corrected chi connectivity index (χ2v) is 8.07. The quantitative estimate of drug-likeness (QED) is 0.707. The lowest BCUT2D eigenvalue weighted by atomic mass is 10.0. The molecule has 1 heterocycles. The number of carbonyl (C=O) groups is 1. The van der Waals surface area contributed by atoms with Crippen molar-refractivity contribution in [3.8, 4) is 0 Å². The molecule has 0 bridgehead atoms. The van der Waals surface area contributed by atoms with Crippen molar-refractivity contribution in [1.29, 1.82) is 0 Å². The van der Waals surface area contributed by atoms with E-state index in [0.29, 0.717) is 11.7 Å². The molecule has 0 fully saturated rings. The van der Waals surface area contributed by atoms with Crippen LogP contribution in [0.25, 0.3) is 0 Å². The summed E-state index contributed by atoms with van der Waals surface area (Å²) in [6.07, 6.45) is 4.46. The van der Waals surface area contributed by atoms with Gasteiger partial charge in [-0.25, -0.2) is 18.1 Å². The van der Waals surface area contributed by atoms with Crippen molar-refractivity contribution in [2.24, 2.45) is 13.0 Å². The summed E-state index contributed by atoms with van der Waals surface area (Å²) in [5.74, 6) is 0.901. The number of carbonyl (C=O) groups excluding carboxylic acids is 1. The van der Waals surface area contributed by atoms with Crippen molar-refractivity contribution >= 4 is 15.9 Å². The van der Waals surface area contributed by atoms with Crippen molar-refractivity contribution in [2.45, 2.75) is 58.0 Å². The molecule has 0 radical (unpaired) electrons. The van der Waals surface area contributed by atoms with Gasteiger partial charge in [0.2, 0.25) is 5.91 Å². The van der Waals surface area contributed by atoms with Crippen molar-refractivity contribution in [3.05, 3.63) is 12.0 Å². The predicted octanol–water partition coefficient (Wildman–Crippen LogP) is 1.34. The number of hydrogen-bond acceptors (Lipinski definition) is 4. The number of hydrogen-bond donors (Lipinski definition) is 2. The molecule has 7 nitrogen and oxygen atoms in total. The van der Waals surface area contributed by atoms with Crippen LogP contribution in [0.2, 0.25) is 0 Å². The maximum Gasteiger partial charge on any atom is 0.260 e. The summed E-state index contributed by atoms with van der Waals surface area (Å²) in [7, 11) is -2.05. The highest BCUT2D eigenvalue weighted by Crippen LogP contribution is 2.08. The largest absolute Gasteiger partial charge is 0.353 e. The van der Waals surface area contributed by atoms with E-state index in [-0.39, 0.29) is 23.5 Å². The zero-order valence-corrected chi connectivity index (χ0v) is 15.4. The van der Waals surface area contributed by atoms with E-state index >= 15 is 0 Å². The molecule has 8 heteroatoms. The fourth-order valence-electron chi connectivity index (χ4n) is 2.12. The molecule has 1 atom stereocenters. The van der Waals surface area contributed by atoms with Gasteiger partial charge in [-0.2, -0.15) is 0 Å². The Morgan fingerprint density at radius 2 is 1.96 bits per heavy atom. The minimum Gasteiger partial charge on any atom is -0.353 e. The maximum absolute atomic E-state index is 12.1. The van der Waals surface area contributed by atoms with Crippen LogP contribution >= 0.6 is 0 Å². The number of aryl methyl sites for hydroxylation is 2. The number of aromatic nitrogens is 2. The van der Waals surface area contributed by atoms with Gasteiger partial charge in [0.1, 0.15) is 5.82 Å². The van der Waals surface area contributed by atoms with E-state index in [1.807, 2.05) is 6.92 Å². The van der Waals surface area contributed by atoms with Gasteiger partial charge in [0.05, 0.1) is 6.54 Å². The Bertz CT molecular complexity index is 603. The van der Waals surface area contributed by atoms with E-state index in [1.54, 1.807) is 18.5 Å². The Hall–Kier alpha value is -1.41. The summed E-state index contributed by atoms with van der Waals surface area (Å²) in [5.41, 5.74) is 0. The summed E-state index contributed by atoms with van der Waals surface area (Å²) in [6.45, 7) is 7.68. The van der Waals surface area contributed by atoms with Gasteiger partial charge in [-0.3, -0.25) is 4.79 Å². The first-order chi connectivity index (χ1) is 10.6. The number of imidazole rings is 1. The molecule has 1 aromatic rings. The Morgan fingerprint density at radius 1 is 1.30 bits per heavy atom. The van der Waals surface area contributed by atoms with E-state index in [9.17, 15) is 13.2 Å². The van der Waals surface area contributed by atoms with E-state index < -0.39 is 10.0 Å². The lowest BCUT2D eigenvalue weighted by Gasteiger charge is -2.14. The predicted molar refractivity (Wildman–Crippen MR) is 89.4 cm³/mol. The summed E-state index contributed by atoms with van der Waals surface area (Å²) in [5, 5.41) is 2.73. The standard InChI is InChI=1S/C15H28N4O3S/c1-11(2)7-6-8-12(3)17-14(20)9-16-23(21,22)15-10-19(5)13(4)18-15/h10-12,16H,6-9H2,1-5H3,(H,17,20). The molecule has 0 aliphatic carbocycles. The van der Waals surface area contributed by atoms with E-state index in [0.717, 1.165) is 19.3 Å². The molecule has 0 aliphatic heterocycles. The fraction of sp³-hybridized carbons (Fsp3) is 0.733. The summed E-state index contributed by atoms with van der Waals surface area (Å²) >= 11 is 0. The van der Waals surface area contributed by atoms with Crippen LogP contribution in [0.1, 0.15) is 45.9 Å². The number of nitrogens with one attached hydrogen (secondary N) is 2. The minimum absolute atomic E-state index is 0.0304. The average molecular weight is 344 g/mol. The molecule has 2 N–H and O–H groups in total. The van der Waals surface area contributed by atoms with Gasteiger partial charge in [-0.1, -0.05) is 26.7 Å². The van der Waals surface area contributed by atoms with Crippen LogP contribution in [0.5, 0.6) is 0 Å². The molecule has 1 unspecified atom stereocenters. The van der Waals surface area contributed by atoms with Gasteiger partial charge >= 0.3 is 0 Å². The zero-order chi connectivity index (χ0) is 17.6. The molecule has 0 aliphatic rings. The first-order valence-corrected chi connectivity index (χ1v) is 9.39. The van der Waals surface area contributed by atoms with Gasteiger partial charge in [0.15, 0.2) is 5.03 Å². The molecule has 132 valence electrons. The smallest absolute Gasteiger partial charge is 0.260 e. The van der Waals surface area contributed by atoms with Gasteiger partial charge in [-0.15, -0.1) is 0 Å². The highest BCUT2D eigenvalue weighted by atomic mass is 32.2. The highest BCUT2D eigenvalue weighted by Gasteiger charge is 2.19. The monoisotopic (exact) mass is 344 g/mol. The lowest BCUT2D eigenvalue weighted by molar-refractivity contribution is -0.120. The second-order valence-electron chi connectivity index (χ2n) is 6.36. The van der Waals surface area contributed by atoms with Crippen LogP contribution in [0, 0.1) is 12.8 Å². The zero-order valence-electron chi connectivity index (χ0n) is 14.6. The van der Waals surface area contributed by atoms with Crippen molar-refractivity contribution in [3.63, 3.8) is 0 Å². The van der Waals surface area contributed by atoms with Crippen molar-refractivity contribution in [1.82, 2.24) is 19.6 Å². The molecule has 23 heavy (non-hydrogen) atoms. The van der Waals surface area contributed by atoms with Gasteiger partial charge in [0.25, 0.3) is 10.0 Å². The molecular weight excluding hydrogens is 316 g/mol. The first kappa shape index (κ1) is 19.6. The second kappa shape index (κ2) is 8.44. The first-order valence-electron chi connectivity index (χ1n) is 7.90. The summed E-state index contributed by atoms with van der Waals surface area (Å²) in [4.78, 5) is 15.8. The average Bonchev–Trinajstić information content (AvgIpc) is 2.77. The van der Waals surface area contributed by atoms with Crippen LogP contribution < -0.4 is 10.0 Å². The van der Waals surface area contributed by atoms with Crippen LogP contribution in [0.3, 0.4) is 0 Å². The highest BCUT2D eigenvalue weighted by molar-refractivity contribution is 7.89. The van der Waals surface area contributed by atoms with Crippen LogP contribution in [0.4, 0.5) is 0 Å². The molecule has 0 spiro atoms. The third kappa shape index (κ3) is 6.70. The molecule has 1 amide bonds. The summed E-state index contributed by atoms with van der Waals surface area (Å²) < 4.78 is 28.0.